The number of nitrogens with zero attached hydrogens (tertiary/aromatic N) is 2. The molecule has 0 radical (unpaired) electrons. The van der Waals surface area contributed by atoms with Crippen LogP contribution >= 0.6 is 0 Å². The Morgan fingerprint density at radius 2 is 2.05 bits per heavy atom. The Morgan fingerprint density at radius 1 is 1.30 bits per heavy atom. The summed E-state index contributed by atoms with van der Waals surface area (Å²) in [5.74, 6) is 1.69. The van der Waals surface area contributed by atoms with Gasteiger partial charge < -0.3 is 9.64 Å². The lowest BCUT2D eigenvalue weighted by Crippen LogP contribution is -2.60. The van der Waals surface area contributed by atoms with Crippen LogP contribution in [0.5, 0.6) is 5.88 Å². The van der Waals surface area contributed by atoms with Crippen LogP contribution in [0.15, 0.2) is 12.1 Å². The molecule has 4 rings (SSSR count). The van der Waals surface area contributed by atoms with E-state index in [0.717, 1.165) is 30.8 Å². The number of ether oxygens (including phenoxy) is 1. The molecule has 0 aromatic carbocycles. The van der Waals surface area contributed by atoms with Gasteiger partial charge in [0, 0.05) is 5.69 Å². The van der Waals surface area contributed by atoms with Gasteiger partial charge in [-0.15, -0.1) is 0 Å². The minimum absolute atomic E-state index is 0.299. The zero-order valence-corrected chi connectivity index (χ0v) is 11.9. The summed E-state index contributed by atoms with van der Waals surface area (Å²) in [6, 6.07) is 4.01. The SMILES string of the molecule is Cc1ccc(N2CC(F)(C3CC3)C2)c(OCC2CC2)n1. The number of aromatic nitrogens is 1. The Morgan fingerprint density at radius 3 is 2.70 bits per heavy atom. The van der Waals surface area contributed by atoms with E-state index in [0.29, 0.717) is 30.8 Å². The number of anilines is 1. The van der Waals surface area contributed by atoms with Crippen LogP contribution in [0.1, 0.15) is 31.4 Å². The van der Waals surface area contributed by atoms with Gasteiger partial charge in [-0.25, -0.2) is 9.37 Å². The highest BCUT2D eigenvalue weighted by molar-refractivity contribution is 5.58. The summed E-state index contributed by atoms with van der Waals surface area (Å²) in [6.45, 7) is 3.72. The number of alkyl halides is 1. The van der Waals surface area contributed by atoms with E-state index in [1.54, 1.807) is 0 Å². The van der Waals surface area contributed by atoms with Crippen molar-refractivity contribution in [3.63, 3.8) is 0 Å². The number of hydrogen-bond acceptors (Lipinski definition) is 3. The number of pyridine rings is 1. The predicted octanol–water partition coefficient (Wildman–Crippen LogP) is 3.12. The van der Waals surface area contributed by atoms with Crippen molar-refractivity contribution in [3.8, 4) is 5.88 Å². The van der Waals surface area contributed by atoms with Crippen LogP contribution < -0.4 is 9.64 Å². The van der Waals surface area contributed by atoms with Crippen molar-refractivity contribution < 1.29 is 9.13 Å². The van der Waals surface area contributed by atoms with E-state index in [-0.39, 0.29) is 0 Å². The van der Waals surface area contributed by atoms with Gasteiger partial charge in [-0.05, 0) is 56.6 Å². The summed E-state index contributed by atoms with van der Waals surface area (Å²) in [7, 11) is 0. The average Bonchev–Trinajstić information content (AvgIpc) is 3.26. The minimum atomic E-state index is -0.960. The van der Waals surface area contributed by atoms with Crippen LogP contribution in [0.25, 0.3) is 0 Å². The summed E-state index contributed by atoms with van der Waals surface area (Å²) < 4.78 is 20.3. The Bertz CT molecular complexity index is 519. The van der Waals surface area contributed by atoms with E-state index in [1.165, 1.54) is 12.8 Å². The van der Waals surface area contributed by atoms with Gasteiger partial charge >= 0.3 is 0 Å². The third-order valence-corrected chi connectivity index (χ3v) is 4.69. The maximum Gasteiger partial charge on any atom is 0.237 e. The van der Waals surface area contributed by atoms with Crippen LogP contribution in [0, 0.1) is 18.8 Å². The molecular weight excluding hydrogens is 255 g/mol. The second-order valence-corrected chi connectivity index (χ2v) is 6.70. The van der Waals surface area contributed by atoms with Gasteiger partial charge in [0.1, 0.15) is 11.4 Å². The van der Waals surface area contributed by atoms with Gasteiger partial charge in [0.2, 0.25) is 5.88 Å². The molecule has 1 aromatic rings. The number of hydrogen-bond donors (Lipinski definition) is 0. The van der Waals surface area contributed by atoms with E-state index in [4.69, 9.17) is 4.74 Å². The topological polar surface area (TPSA) is 25.4 Å². The molecule has 4 heteroatoms. The van der Waals surface area contributed by atoms with Crippen LogP contribution in [-0.2, 0) is 0 Å². The minimum Gasteiger partial charge on any atom is -0.476 e. The summed E-state index contributed by atoms with van der Waals surface area (Å²) in [4.78, 5) is 6.57. The zero-order valence-electron chi connectivity index (χ0n) is 11.9. The Labute approximate surface area is 119 Å². The van der Waals surface area contributed by atoms with Crippen molar-refractivity contribution in [2.75, 3.05) is 24.6 Å². The van der Waals surface area contributed by atoms with Gasteiger partial charge in [-0.3, -0.25) is 0 Å². The smallest absolute Gasteiger partial charge is 0.237 e. The lowest BCUT2D eigenvalue weighted by molar-refractivity contribution is 0.0924. The molecule has 1 saturated heterocycles. The first-order valence-electron chi connectivity index (χ1n) is 7.68. The maximum atomic E-state index is 14.5. The van der Waals surface area contributed by atoms with E-state index in [2.05, 4.69) is 9.88 Å². The normalized spacial score (nSPS) is 24.4. The second-order valence-electron chi connectivity index (χ2n) is 6.70. The predicted molar refractivity (Wildman–Crippen MR) is 76.0 cm³/mol. The highest BCUT2D eigenvalue weighted by atomic mass is 19.1. The number of rotatable bonds is 5. The fourth-order valence-electron chi connectivity index (χ4n) is 2.97. The summed E-state index contributed by atoms with van der Waals surface area (Å²) >= 11 is 0. The molecule has 1 aromatic heterocycles. The molecule has 3 aliphatic rings. The van der Waals surface area contributed by atoms with Crippen molar-refractivity contribution in [1.82, 2.24) is 4.98 Å². The molecule has 1 aliphatic heterocycles. The van der Waals surface area contributed by atoms with Gasteiger partial charge in [-0.2, -0.15) is 0 Å². The first-order chi connectivity index (χ1) is 9.64. The molecular formula is C16H21FN2O. The van der Waals surface area contributed by atoms with Crippen LogP contribution in [0.2, 0.25) is 0 Å². The molecule has 0 amide bonds. The maximum absolute atomic E-state index is 14.5. The lowest BCUT2D eigenvalue weighted by atomic mass is 9.90. The number of aryl methyl sites for hydroxylation is 1. The van der Waals surface area contributed by atoms with E-state index >= 15 is 0 Å². The van der Waals surface area contributed by atoms with Crippen molar-refractivity contribution in [1.29, 1.82) is 0 Å². The van der Waals surface area contributed by atoms with Crippen LogP contribution in [-0.4, -0.2) is 30.3 Å². The molecule has 2 aliphatic carbocycles. The molecule has 108 valence electrons. The van der Waals surface area contributed by atoms with Crippen molar-refractivity contribution in [2.45, 2.75) is 38.3 Å². The zero-order chi connectivity index (χ0) is 13.7. The van der Waals surface area contributed by atoms with Gasteiger partial charge in [0.05, 0.1) is 19.7 Å². The Kier molecular flexibility index (Phi) is 2.69. The monoisotopic (exact) mass is 276 g/mol. The van der Waals surface area contributed by atoms with E-state index < -0.39 is 5.67 Å². The van der Waals surface area contributed by atoms with Gasteiger partial charge in [0.15, 0.2) is 0 Å². The third kappa shape index (κ3) is 2.25. The molecule has 0 bridgehead atoms. The highest BCUT2D eigenvalue weighted by Gasteiger charge is 2.54. The molecule has 3 nitrogen and oxygen atoms in total. The molecule has 0 atom stereocenters. The van der Waals surface area contributed by atoms with Crippen molar-refractivity contribution in [2.24, 2.45) is 11.8 Å². The molecule has 3 fully saturated rings. The molecule has 2 heterocycles. The second kappa shape index (κ2) is 4.34. The van der Waals surface area contributed by atoms with E-state index in [1.807, 2.05) is 19.1 Å². The summed E-state index contributed by atoms with van der Waals surface area (Å²) in [5.41, 5.74) is 0.956. The largest absolute Gasteiger partial charge is 0.476 e. The van der Waals surface area contributed by atoms with Crippen LogP contribution in [0.3, 0.4) is 0 Å². The quantitative estimate of drug-likeness (QED) is 0.826. The molecule has 2 saturated carbocycles. The first-order valence-corrected chi connectivity index (χ1v) is 7.68. The van der Waals surface area contributed by atoms with Crippen molar-refractivity contribution in [3.05, 3.63) is 17.8 Å². The van der Waals surface area contributed by atoms with E-state index in [9.17, 15) is 4.39 Å². The Balaban J connectivity index is 1.48. The fraction of sp³-hybridized carbons (Fsp3) is 0.688. The summed E-state index contributed by atoms with van der Waals surface area (Å²) in [5, 5.41) is 0. The standard InChI is InChI=1S/C16H21FN2O/c1-11-2-7-14(15(18-11)20-8-12-3-4-12)19-9-16(17,10-19)13-5-6-13/h2,7,12-13H,3-6,8-10H2,1H3. The molecule has 0 N–H and O–H groups in total. The molecule has 20 heavy (non-hydrogen) atoms. The summed E-state index contributed by atoms with van der Waals surface area (Å²) in [6.07, 6.45) is 4.64. The lowest BCUT2D eigenvalue weighted by Gasteiger charge is -2.46. The van der Waals surface area contributed by atoms with Crippen molar-refractivity contribution >= 4 is 5.69 Å². The first kappa shape index (κ1) is 12.4. The Hall–Kier alpha value is -1.32. The number of halogens is 1. The fourth-order valence-corrected chi connectivity index (χ4v) is 2.97. The van der Waals surface area contributed by atoms with Crippen LogP contribution in [0.4, 0.5) is 10.1 Å². The molecule has 0 unspecified atom stereocenters. The van der Waals surface area contributed by atoms with Gasteiger partial charge in [-0.1, -0.05) is 0 Å². The third-order valence-electron chi connectivity index (χ3n) is 4.69. The molecule has 0 spiro atoms. The average molecular weight is 276 g/mol. The van der Waals surface area contributed by atoms with Gasteiger partial charge in [0.25, 0.3) is 0 Å². The highest BCUT2D eigenvalue weighted by Crippen LogP contribution is 2.49.